The van der Waals surface area contributed by atoms with Crippen molar-refractivity contribution in [3.05, 3.63) is 52.5 Å². The molecule has 4 nitrogen and oxygen atoms in total. The van der Waals surface area contributed by atoms with Crippen LogP contribution < -0.4 is 10.5 Å². The molecule has 0 saturated carbocycles. The number of aromatic carboxylic acids is 1. The Labute approximate surface area is 115 Å². The predicted molar refractivity (Wildman–Crippen MR) is 74.1 cm³/mol. The number of ether oxygens (including phenoxy) is 1. The molecule has 2 rings (SSSR count). The second-order valence-electron chi connectivity index (χ2n) is 4.07. The number of aryl methyl sites for hydroxylation is 1. The Kier molecular flexibility index (Phi) is 3.62. The number of nitrogen functional groups attached to an aromatic ring is 1. The topological polar surface area (TPSA) is 72.5 Å². The summed E-state index contributed by atoms with van der Waals surface area (Å²) in [6.07, 6.45) is 0. The van der Waals surface area contributed by atoms with Crippen molar-refractivity contribution < 1.29 is 14.6 Å². The molecule has 0 aliphatic heterocycles. The van der Waals surface area contributed by atoms with Crippen molar-refractivity contribution in [3.63, 3.8) is 0 Å². The minimum absolute atomic E-state index is 0.0209. The van der Waals surface area contributed by atoms with Crippen molar-refractivity contribution in [3.8, 4) is 11.5 Å². The number of rotatable bonds is 3. The van der Waals surface area contributed by atoms with E-state index in [-0.39, 0.29) is 11.3 Å². The monoisotopic (exact) mass is 277 g/mol. The number of anilines is 1. The van der Waals surface area contributed by atoms with Gasteiger partial charge in [0.1, 0.15) is 17.1 Å². The highest BCUT2D eigenvalue weighted by molar-refractivity contribution is 6.31. The summed E-state index contributed by atoms with van der Waals surface area (Å²) in [6.45, 7) is 1.84. The first-order valence-corrected chi connectivity index (χ1v) is 5.92. The van der Waals surface area contributed by atoms with Gasteiger partial charge >= 0.3 is 5.97 Å². The fourth-order valence-corrected chi connectivity index (χ4v) is 1.73. The zero-order valence-corrected chi connectivity index (χ0v) is 10.9. The Morgan fingerprint density at radius 2 is 2.00 bits per heavy atom. The van der Waals surface area contributed by atoms with E-state index in [9.17, 15) is 4.79 Å². The van der Waals surface area contributed by atoms with E-state index in [0.717, 1.165) is 5.56 Å². The average molecular weight is 278 g/mol. The average Bonchev–Trinajstić information content (AvgIpc) is 2.36. The number of carbonyl (C=O) groups is 1. The smallest absolute Gasteiger partial charge is 0.339 e. The van der Waals surface area contributed by atoms with Crippen molar-refractivity contribution >= 4 is 23.3 Å². The lowest BCUT2D eigenvalue weighted by atomic mass is 10.1. The quantitative estimate of drug-likeness (QED) is 0.839. The van der Waals surface area contributed by atoms with Crippen molar-refractivity contribution in [1.29, 1.82) is 0 Å². The maximum atomic E-state index is 11.1. The first-order valence-electron chi connectivity index (χ1n) is 5.54. The van der Waals surface area contributed by atoms with Gasteiger partial charge in [0.05, 0.1) is 0 Å². The molecule has 5 heteroatoms. The molecule has 0 heterocycles. The molecule has 98 valence electrons. The van der Waals surface area contributed by atoms with E-state index in [1.165, 1.54) is 12.1 Å². The van der Waals surface area contributed by atoms with Gasteiger partial charge in [0.25, 0.3) is 0 Å². The molecule has 2 aromatic carbocycles. The molecule has 0 radical (unpaired) electrons. The molecule has 0 bridgehead atoms. The Bertz CT molecular complexity index is 641. The van der Waals surface area contributed by atoms with Crippen LogP contribution in [0.3, 0.4) is 0 Å². The molecule has 0 aliphatic carbocycles. The normalized spacial score (nSPS) is 10.2. The number of carboxylic acids is 1. The van der Waals surface area contributed by atoms with Crippen LogP contribution in [-0.2, 0) is 0 Å². The van der Waals surface area contributed by atoms with Crippen LogP contribution in [0.1, 0.15) is 15.9 Å². The minimum atomic E-state index is -1.09. The molecule has 0 saturated heterocycles. The van der Waals surface area contributed by atoms with Gasteiger partial charge in [0, 0.05) is 10.7 Å². The number of hydrogen-bond donors (Lipinski definition) is 2. The summed E-state index contributed by atoms with van der Waals surface area (Å²) in [7, 11) is 0. The highest BCUT2D eigenvalue weighted by Gasteiger charge is 2.12. The maximum absolute atomic E-state index is 11.1. The standard InChI is InChI=1S/C14H12ClNO3/c1-8-6-10(3-4-12(8)15)19-13-5-2-9(16)7-11(13)14(17)18/h2-7H,16H2,1H3,(H,17,18). The predicted octanol–water partition coefficient (Wildman–Crippen LogP) is 3.72. The molecule has 0 atom stereocenters. The second-order valence-corrected chi connectivity index (χ2v) is 4.48. The zero-order valence-electron chi connectivity index (χ0n) is 10.2. The third kappa shape index (κ3) is 2.98. The first kappa shape index (κ1) is 13.2. The van der Waals surface area contributed by atoms with Crippen LogP contribution in [0, 0.1) is 6.92 Å². The molecule has 0 fully saturated rings. The molecular weight excluding hydrogens is 266 g/mol. The van der Waals surface area contributed by atoms with Crippen LogP contribution >= 0.6 is 11.6 Å². The molecule has 2 aromatic rings. The first-order chi connectivity index (χ1) is 8.97. The van der Waals surface area contributed by atoms with Gasteiger partial charge in [-0.1, -0.05) is 11.6 Å². The largest absolute Gasteiger partial charge is 0.478 e. The minimum Gasteiger partial charge on any atom is -0.478 e. The molecule has 0 unspecified atom stereocenters. The summed E-state index contributed by atoms with van der Waals surface area (Å²) < 4.78 is 5.57. The Hall–Kier alpha value is -2.20. The fourth-order valence-electron chi connectivity index (χ4n) is 1.61. The summed E-state index contributed by atoms with van der Waals surface area (Å²) in [5, 5.41) is 9.74. The van der Waals surface area contributed by atoms with E-state index >= 15 is 0 Å². The van der Waals surface area contributed by atoms with Gasteiger partial charge in [0.15, 0.2) is 0 Å². The molecule has 0 aliphatic rings. The van der Waals surface area contributed by atoms with Crippen LogP contribution in [0.2, 0.25) is 5.02 Å². The van der Waals surface area contributed by atoms with E-state index in [0.29, 0.717) is 16.5 Å². The van der Waals surface area contributed by atoms with Gasteiger partial charge in [-0.25, -0.2) is 4.79 Å². The molecule has 0 amide bonds. The van der Waals surface area contributed by atoms with Gasteiger partial charge in [0.2, 0.25) is 0 Å². The Balaban J connectivity index is 2.37. The molecule has 0 spiro atoms. The van der Waals surface area contributed by atoms with Crippen molar-refractivity contribution in [2.24, 2.45) is 0 Å². The molecular formula is C14H12ClNO3. The van der Waals surface area contributed by atoms with Gasteiger partial charge in [-0.2, -0.15) is 0 Å². The number of nitrogens with two attached hydrogens (primary N) is 1. The van der Waals surface area contributed by atoms with Crippen LogP contribution in [0.15, 0.2) is 36.4 Å². The number of benzene rings is 2. The van der Waals surface area contributed by atoms with E-state index < -0.39 is 5.97 Å². The fraction of sp³-hybridized carbons (Fsp3) is 0.0714. The van der Waals surface area contributed by atoms with Gasteiger partial charge < -0.3 is 15.6 Å². The zero-order chi connectivity index (χ0) is 14.0. The number of halogens is 1. The van der Waals surface area contributed by atoms with Crippen molar-refractivity contribution in [2.45, 2.75) is 6.92 Å². The van der Waals surface area contributed by atoms with E-state index in [2.05, 4.69) is 0 Å². The molecule has 19 heavy (non-hydrogen) atoms. The third-order valence-corrected chi connectivity index (χ3v) is 3.02. The lowest BCUT2D eigenvalue weighted by Gasteiger charge is -2.10. The van der Waals surface area contributed by atoms with Crippen LogP contribution in [0.5, 0.6) is 11.5 Å². The molecule has 3 N–H and O–H groups in total. The maximum Gasteiger partial charge on any atom is 0.339 e. The van der Waals surface area contributed by atoms with Gasteiger partial charge in [-0.3, -0.25) is 0 Å². The highest BCUT2D eigenvalue weighted by atomic mass is 35.5. The number of carboxylic acid groups (broad SMARTS) is 1. The SMILES string of the molecule is Cc1cc(Oc2ccc(N)cc2C(=O)O)ccc1Cl. The Morgan fingerprint density at radius 3 is 2.63 bits per heavy atom. The summed E-state index contributed by atoms with van der Waals surface area (Å²) in [5.41, 5.74) is 6.81. The van der Waals surface area contributed by atoms with Crippen molar-refractivity contribution in [2.75, 3.05) is 5.73 Å². The lowest BCUT2D eigenvalue weighted by molar-refractivity contribution is 0.0694. The van der Waals surface area contributed by atoms with E-state index in [4.69, 9.17) is 27.2 Å². The highest BCUT2D eigenvalue weighted by Crippen LogP contribution is 2.29. The second kappa shape index (κ2) is 5.20. The van der Waals surface area contributed by atoms with E-state index in [1.807, 2.05) is 6.92 Å². The van der Waals surface area contributed by atoms with Crippen LogP contribution in [0.4, 0.5) is 5.69 Å². The van der Waals surface area contributed by atoms with Gasteiger partial charge in [-0.05, 0) is 48.9 Å². The lowest BCUT2D eigenvalue weighted by Crippen LogP contribution is -2.01. The van der Waals surface area contributed by atoms with E-state index in [1.54, 1.807) is 24.3 Å². The Morgan fingerprint density at radius 1 is 1.26 bits per heavy atom. The van der Waals surface area contributed by atoms with Crippen LogP contribution in [0.25, 0.3) is 0 Å². The van der Waals surface area contributed by atoms with Crippen molar-refractivity contribution in [1.82, 2.24) is 0 Å². The summed E-state index contributed by atoms with van der Waals surface area (Å²) in [6, 6.07) is 9.60. The summed E-state index contributed by atoms with van der Waals surface area (Å²) >= 11 is 5.92. The van der Waals surface area contributed by atoms with Gasteiger partial charge in [-0.15, -0.1) is 0 Å². The van der Waals surface area contributed by atoms with Crippen LogP contribution in [-0.4, -0.2) is 11.1 Å². The summed E-state index contributed by atoms with van der Waals surface area (Å²) in [4.78, 5) is 11.1. The third-order valence-electron chi connectivity index (χ3n) is 2.59. The molecule has 0 aromatic heterocycles. The number of hydrogen-bond acceptors (Lipinski definition) is 3. The summed E-state index contributed by atoms with van der Waals surface area (Å²) in [5.74, 6) is -0.328.